The lowest BCUT2D eigenvalue weighted by Crippen LogP contribution is -2.19. The van der Waals surface area contributed by atoms with Gasteiger partial charge in [0.2, 0.25) is 5.13 Å². The maximum absolute atomic E-state index is 11.8. The van der Waals surface area contributed by atoms with Crippen molar-refractivity contribution in [1.29, 1.82) is 0 Å². The zero-order chi connectivity index (χ0) is 15.2. The Labute approximate surface area is 139 Å². The van der Waals surface area contributed by atoms with Crippen LogP contribution in [0, 0.1) is 12.3 Å². The average molecular weight is 359 g/mol. The summed E-state index contributed by atoms with van der Waals surface area (Å²) in [7, 11) is 0. The number of amides is 2. The van der Waals surface area contributed by atoms with Gasteiger partial charge in [0.25, 0.3) is 0 Å². The molecule has 1 heterocycles. The first-order chi connectivity index (χ1) is 10.1. The predicted octanol–water partition coefficient (Wildman–Crippen LogP) is 4.21. The van der Waals surface area contributed by atoms with Gasteiger partial charge in [0.05, 0.1) is 15.8 Å². The summed E-state index contributed by atoms with van der Waals surface area (Å²) >= 11 is 14.3. The van der Waals surface area contributed by atoms with Gasteiger partial charge in [0.15, 0.2) is 4.34 Å². The van der Waals surface area contributed by atoms with E-state index in [2.05, 4.69) is 26.8 Å². The number of thioether (sulfide) groups is 1. The van der Waals surface area contributed by atoms with Crippen molar-refractivity contribution in [2.75, 3.05) is 16.4 Å². The lowest BCUT2D eigenvalue weighted by molar-refractivity contribution is 0.262. The number of carbonyl (C=O) groups excluding carboxylic acids is 1. The standard InChI is InChI=1S/C12H8Cl2N4OS2/c1-2-5-20-12-18-17-11(21-12)16-10(19)15-7-3-4-8(13)9(14)6-7/h1,3-4,6H,5H2,(H2,15,16,17,19). The molecular formula is C12H8Cl2N4OS2. The number of nitrogens with one attached hydrogen (secondary N) is 2. The number of rotatable bonds is 4. The molecule has 2 aromatic rings. The molecule has 0 spiro atoms. The Bertz CT molecular complexity index is 699. The van der Waals surface area contributed by atoms with Gasteiger partial charge in [-0.25, -0.2) is 4.79 Å². The van der Waals surface area contributed by atoms with Crippen molar-refractivity contribution in [2.45, 2.75) is 4.34 Å². The number of urea groups is 1. The molecule has 1 aromatic carbocycles. The fourth-order valence-corrected chi connectivity index (χ4v) is 2.98. The van der Waals surface area contributed by atoms with Crippen LogP contribution in [0.25, 0.3) is 0 Å². The molecule has 5 nitrogen and oxygen atoms in total. The number of halogens is 2. The van der Waals surface area contributed by atoms with Gasteiger partial charge < -0.3 is 5.32 Å². The summed E-state index contributed by atoms with van der Waals surface area (Å²) in [6, 6.07) is 4.34. The van der Waals surface area contributed by atoms with E-state index in [1.54, 1.807) is 18.2 Å². The normalized spacial score (nSPS) is 9.95. The highest BCUT2D eigenvalue weighted by Gasteiger charge is 2.09. The minimum absolute atomic E-state index is 0.360. The molecule has 0 aliphatic rings. The number of hydrogen-bond acceptors (Lipinski definition) is 5. The number of benzene rings is 1. The zero-order valence-corrected chi connectivity index (χ0v) is 13.5. The Morgan fingerprint density at radius 1 is 1.33 bits per heavy atom. The van der Waals surface area contributed by atoms with Gasteiger partial charge in [0, 0.05) is 5.69 Å². The van der Waals surface area contributed by atoms with Crippen LogP contribution in [0.4, 0.5) is 15.6 Å². The second kappa shape index (κ2) is 7.52. The van der Waals surface area contributed by atoms with E-state index in [1.807, 2.05) is 0 Å². The Morgan fingerprint density at radius 2 is 2.14 bits per heavy atom. The molecule has 0 bridgehead atoms. The Hall–Kier alpha value is -1.46. The number of aromatic nitrogens is 2. The summed E-state index contributed by atoms with van der Waals surface area (Å²) in [5, 5.41) is 14.1. The maximum atomic E-state index is 11.8. The van der Waals surface area contributed by atoms with Crippen LogP contribution >= 0.6 is 46.3 Å². The quantitative estimate of drug-likeness (QED) is 0.487. The molecule has 21 heavy (non-hydrogen) atoms. The minimum atomic E-state index is -0.446. The second-order valence-electron chi connectivity index (χ2n) is 3.57. The summed E-state index contributed by atoms with van der Waals surface area (Å²) in [4.78, 5) is 11.8. The Morgan fingerprint density at radius 3 is 2.86 bits per heavy atom. The molecular weight excluding hydrogens is 351 g/mol. The number of carbonyl (C=O) groups is 1. The highest BCUT2D eigenvalue weighted by molar-refractivity contribution is 8.01. The van der Waals surface area contributed by atoms with Gasteiger partial charge in [-0.15, -0.1) is 16.6 Å². The van der Waals surface area contributed by atoms with E-state index in [1.165, 1.54) is 23.1 Å². The predicted molar refractivity (Wildman–Crippen MR) is 88.6 cm³/mol. The first kappa shape index (κ1) is 15.9. The van der Waals surface area contributed by atoms with E-state index in [9.17, 15) is 4.79 Å². The Kier molecular flexibility index (Phi) is 5.70. The third-order valence-electron chi connectivity index (χ3n) is 2.08. The van der Waals surface area contributed by atoms with E-state index in [0.717, 1.165) is 0 Å². The lowest BCUT2D eigenvalue weighted by atomic mass is 10.3. The molecule has 2 amide bonds. The van der Waals surface area contributed by atoms with Gasteiger partial charge in [-0.05, 0) is 18.2 Å². The van der Waals surface area contributed by atoms with Crippen LogP contribution in [0.2, 0.25) is 10.0 Å². The van der Waals surface area contributed by atoms with E-state index < -0.39 is 6.03 Å². The molecule has 0 radical (unpaired) electrons. The summed E-state index contributed by atoms with van der Waals surface area (Å²) in [6.07, 6.45) is 5.16. The van der Waals surface area contributed by atoms with Crippen LogP contribution in [0.15, 0.2) is 22.5 Å². The van der Waals surface area contributed by atoms with E-state index in [-0.39, 0.29) is 0 Å². The number of nitrogens with zero attached hydrogens (tertiary/aromatic N) is 2. The van der Waals surface area contributed by atoms with Crippen molar-refractivity contribution in [3.8, 4) is 12.3 Å². The SMILES string of the molecule is C#CCSc1nnc(NC(=O)Nc2ccc(Cl)c(Cl)c2)s1. The summed E-state index contributed by atoms with van der Waals surface area (Å²) in [5.41, 5.74) is 0.522. The van der Waals surface area contributed by atoms with Crippen LogP contribution in [0.5, 0.6) is 0 Å². The molecule has 0 saturated carbocycles. The molecule has 2 N–H and O–H groups in total. The molecule has 0 unspecified atom stereocenters. The molecule has 0 fully saturated rings. The van der Waals surface area contributed by atoms with Crippen LogP contribution in [0.3, 0.4) is 0 Å². The number of anilines is 2. The maximum Gasteiger partial charge on any atom is 0.325 e. The van der Waals surface area contributed by atoms with Gasteiger partial charge in [0.1, 0.15) is 0 Å². The van der Waals surface area contributed by atoms with Crippen molar-refractivity contribution in [3.63, 3.8) is 0 Å². The molecule has 108 valence electrons. The first-order valence-electron chi connectivity index (χ1n) is 5.51. The smallest absolute Gasteiger partial charge is 0.308 e. The average Bonchev–Trinajstić information content (AvgIpc) is 2.88. The van der Waals surface area contributed by atoms with E-state index in [0.29, 0.717) is 31.0 Å². The molecule has 0 atom stereocenters. The highest BCUT2D eigenvalue weighted by atomic mass is 35.5. The molecule has 0 aliphatic carbocycles. The second-order valence-corrected chi connectivity index (χ2v) is 6.59. The largest absolute Gasteiger partial charge is 0.325 e. The van der Waals surface area contributed by atoms with Crippen molar-refractivity contribution in [3.05, 3.63) is 28.2 Å². The monoisotopic (exact) mass is 358 g/mol. The fourth-order valence-electron chi connectivity index (χ4n) is 1.26. The lowest BCUT2D eigenvalue weighted by Gasteiger charge is -2.05. The van der Waals surface area contributed by atoms with Crippen LogP contribution in [-0.2, 0) is 0 Å². The van der Waals surface area contributed by atoms with Crippen molar-refractivity contribution >= 4 is 63.2 Å². The van der Waals surface area contributed by atoms with Gasteiger partial charge in [-0.1, -0.05) is 52.2 Å². The zero-order valence-electron chi connectivity index (χ0n) is 10.4. The Balaban J connectivity index is 1.93. The highest BCUT2D eigenvalue weighted by Crippen LogP contribution is 2.26. The third-order valence-corrected chi connectivity index (χ3v) is 4.70. The van der Waals surface area contributed by atoms with Crippen molar-refractivity contribution in [2.24, 2.45) is 0 Å². The molecule has 0 aliphatic heterocycles. The number of terminal acetylenes is 1. The van der Waals surface area contributed by atoms with E-state index in [4.69, 9.17) is 29.6 Å². The van der Waals surface area contributed by atoms with Gasteiger partial charge in [-0.3, -0.25) is 5.32 Å². The van der Waals surface area contributed by atoms with Crippen LogP contribution < -0.4 is 10.6 Å². The topological polar surface area (TPSA) is 66.9 Å². The van der Waals surface area contributed by atoms with Gasteiger partial charge in [-0.2, -0.15) is 0 Å². The molecule has 0 saturated heterocycles. The summed E-state index contributed by atoms with van der Waals surface area (Å²) < 4.78 is 0.692. The molecule has 2 rings (SSSR count). The van der Waals surface area contributed by atoms with Crippen LogP contribution in [-0.4, -0.2) is 22.0 Å². The summed E-state index contributed by atoms with van der Waals surface area (Å²) in [6.45, 7) is 0. The molecule has 1 aromatic heterocycles. The van der Waals surface area contributed by atoms with Crippen LogP contribution in [0.1, 0.15) is 0 Å². The van der Waals surface area contributed by atoms with Crippen molar-refractivity contribution in [1.82, 2.24) is 10.2 Å². The fraction of sp³-hybridized carbons (Fsp3) is 0.0833. The van der Waals surface area contributed by atoms with Crippen molar-refractivity contribution < 1.29 is 4.79 Å². The summed E-state index contributed by atoms with van der Waals surface area (Å²) in [5.74, 6) is 2.99. The number of hydrogen-bond donors (Lipinski definition) is 2. The minimum Gasteiger partial charge on any atom is -0.308 e. The third kappa shape index (κ3) is 4.79. The van der Waals surface area contributed by atoms with Gasteiger partial charge >= 0.3 is 6.03 Å². The van der Waals surface area contributed by atoms with E-state index >= 15 is 0 Å². The first-order valence-corrected chi connectivity index (χ1v) is 8.07. The molecule has 9 heteroatoms.